The number of nitrogens with zero attached hydrogens (tertiary/aromatic N) is 1. The summed E-state index contributed by atoms with van der Waals surface area (Å²) in [6, 6.07) is 11.3. The van der Waals surface area contributed by atoms with Crippen molar-refractivity contribution >= 4 is 11.8 Å². The lowest BCUT2D eigenvalue weighted by Gasteiger charge is -2.27. The molecule has 0 bridgehead atoms. The second kappa shape index (κ2) is 12.2. The quantitative estimate of drug-likeness (QED) is 0.472. The molecule has 0 aliphatic heterocycles. The van der Waals surface area contributed by atoms with Gasteiger partial charge in [-0.2, -0.15) is 18.4 Å². The molecule has 10 heteroatoms. The van der Waals surface area contributed by atoms with Gasteiger partial charge >= 0.3 is 6.18 Å². The van der Waals surface area contributed by atoms with E-state index in [9.17, 15) is 22.8 Å². The van der Waals surface area contributed by atoms with E-state index in [4.69, 9.17) is 15.7 Å². The fraction of sp³-hybridized carbons (Fsp3) is 0.400. The molecule has 0 heterocycles. The Morgan fingerprint density at radius 1 is 1.09 bits per heavy atom. The summed E-state index contributed by atoms with van der Waals surface area (Å²) < 4.78 is 44.2. The monoisotopic (exact) mass is 490 g/mol. The van der Waals surface area contributed by atoms with Crippen molar-refractivity contribution in [3.63, 3.8) is 0 Å². The van der Waals surface area contributed by atoms with Crippen molar-refractivity contribution in [3.8, 4) is 11.8 Å². The lowest BCUT2D eigenvalue weighted by atomic mass is 9.98. The molecule has 0 aliphatic rings. The maximum absolute atomic E-state index is 13.1. The van der Waals surface area contributed by atoms with E-state index in [-0.39, 0.29) is 6.42 Å². The van der Waals surface area contributed by atoms with Crippen LogP contribution in [0.15, 0.2) is 48.5 Å². The summed E-state index contributed by atoms with van der Waals surface area (Å²) in [7, 11) is 1.46. The highest BCUT2D eigenvalue weighted by Crippen LogP contribution is 2.26. The summed E-state index contributed by atoms with van der Waals surface area (Å²) >= 11 is 0. The van der Waals surface area contributed by atoms with E-state index in [1.165, 1.54) is 7.11 Å². The van der Waals surface area contributed by atoms with Crippen LogP contribution in [-0.2, 0) is 16.0 Å². The second-order valence-electron chi connectivity index (χ2n) is 8.52. The Hall–Kier alpha value is -3.58. The Kier molecular flexibility index (Phi) is 9.66. The minimum absolute atomic E-state index is 0.0982. The molecule has 0 radical (unpaired) electrons. The van der Waals surface area contributed by atoms with Crippen molar-refractivity contribution in [1.29, 1.82) is 5.26 Å². The summed E-state index contributed by atoms with van der Waals surface area (Å²) in [5, 5.41) is 14.0. The van der Waals surface area contributed by atoms with Gasteiger partial charge in [-0.05, 0) is 47.7 Å². The molecular formula is C25H29F3N4O3. The van der Waals surface area contributed by atoms with E-state index >= 15 is 0 Å². The fourth-order valence-corrected chi connectivity index (χ4v) is 3.43. The van der Waals surface area contributed by atoms with Crippen LogP contribution in [0.4, 0.5) is 13.2 Å². The van der Waals surface area contributed by atoms with E-state index in [0.29, 0.717) is 22.4 Å². The fourth-order valence-electron chi connectivity index (χ4n) is 3.43. The van der Waals surface area contributed by atoms with E-state index in [0.717, 1.165) is 0 Å². The van der Waals surface area contributed by atoms with Gasteiger partial charge in [0.1, 0.15) is 11.8 Å². The third-order valence-corrected chi connectivity index (χ3v) is 5.43. The Morgan fingerprint density at radius 3 is 2.29 bits per heavy atom. The molecule has 0 fully saturated rings. The first kappa shape index (κ1) is 27.7. The van der Waals surface area contributed by atoms with Crippen LogP contribution >= 0.6 is 0 Å². The highest BCUT2D eigenvalue weighted by molar-refractivity contribution is 5.90. The molecule has 2 rings (SSSR count). The van der Waals surface area contributed by atoms with Crippen molar-refractivity contribution in [2.24, 2.45) is 11.7 Å². The second-order valence-corrected chi connectivity index (χ2v) is 8.52. The number of carbonyl (C=O) groups excluding carboxylic acids is 2. The molecular weight excluding hydrogens is 461 g/mol. The molecule has 0 aromatic heterocycles. The van der Waals surface area contributed by atoms with Gasteiger partial charge in [-0.25, -0.2) is 0 Å². The third-order valence-electron chi connectivity index (χ3n) is 5.43. The summed E-state index contributed by atoms with van der Waals surface area (Å²) in [5.74, 6) is -1.45. The van der Waals surface area contributed by atoms with Crippen LogP contribution in [0, 0.1) is 17.2 Å². The SMILES string of the molecule is COc1ccc(C(NC(=O)C(N)Cc2cccc(C#N)c2)C(=O)N[C@H](CC(F)(F)F)C(C)C)cc1. The van der Waals surface area contributed by atoms with Gasteiger partial charge in [-0.1, -0.05) is 38.1 Å². The third kappa shape index (κ3) is 8.61. The van der Waals surface area contributed by atoms with Crippen LogP contribution in [0.1, 0.15) is 43.0 Å². The number of ether oxygens (including phenoxy) is 1. The summed E-state index contributed by atoms with van der Waals surface area (Å²) in [5.41, 5.74) is 7.47. The number of halogens is 3. The number of hydrogen-bond donors (Lipinski definition) is 3. The first-order valence-electron chi connectivity index (χ1n) is 11.0. The average molecular weight is 491 g/mol. The summed E-state index contributed by atoms with van der Waals surface area (Å²) in [4.78, 5) is 26.0. The molecule has 0 aliphatic carbocycles. The van der Waals surface area contributed by atoms with Crippen molar-refractivity contribution < 1.29 is 27.5 Å². The molecule has 0 spiro atoms. The molecule has 2 unspecified atom stereocenters. The van der Waals surface area contributed by atoms with Gasteiger partial charge in [0.25, 0.3) is 0 Å². The van der Waals surface area contributed by atoms with Gasteiger partial charge < -0.3 is 21.1 Å². The van der Waals surface area contributed by atoms with Gasteiger partial charge in [-0.15, -0.1) is 0 Å². The van der Waals surface area contributed by atoms with Gasteiger partial charge in [0.05, 0.1) is 31.2 Å². The van der Waals surface area contributed by atoms with Crippen molar-refractivity contribution in [3.05, 3.63) is 65.2 Å². The van der Waals surface area contributed by atoms with Gasteiger partial charge in [0.15, 0.2) is 0 Å². The maximum Gasteiger partial charge on any atom is 0.391 e. The smallest absolute Gasteiger partial charge is 0.391 e. The zero-order chi connectivity index (χ0) is 26.2. The molecule has 2 aromatic rings. The van der Waals surface area contributed by atoms with Crippen LogP contribution in [0.2, 0.25) is 0 Å². The number of carbonyl (C=O) groups is 2. The van der Waals surface area contributed by atoms with Crippen molar-refractivity contribution in [2.45, 2.75) is 51.0 Å². The van der Waals surface area contributed by atoms with Gasteiger partial charge in [-0.3, -0.25) is 9.59 Å². The highest BCUT2D eigenvalue weighted by atomic mass is 19.4. The standard InChI is InChI=1S/C25H29F3N4O3/c1-15(2)21(13-25(26,27)28)31-24(34)22(18-7-9-19(35-3)10-8-18)32-23(33)20(30)12-16-5-4-6-17(11-16)14-29/h4-11,15,20-22H,12-13,30H2,1-3H3,(H,31,34)(H,32,33)/t20?,21-,22?/m1/s1. The minimum Gasteiger partial charge on any atom is -0.497 e. The number of benzene rings is 2. The average Bonchev–Trinajstić information content (AvgIpc) is 2.81. The molecule has 188 valence electrons. The first-order chi connectivity index (χ1) is 16.4. The number of nitrogens with two attached hydrogens (primary N) is 1. The number of rotatable bonds is 10. The van der Waals surface area contributed by atoms with Crippen molar-refractivity contribution in [1.82, 2.24) is 10.6 Å². The molecule has 3 atom stereocenters. The number of amides is 2. The van der Waals surface area contributed by atoms with Crippen LogP contribution < -0.4 is 21.1 Å². The van der Waals surface area contributed by atoms with E-state index in [2.05, 4.69) is 10.6 Å². The molecule has 7 nitrogen and oxygen atoms in total. The zero-order valence-corrected chi connectivity index (χ0v) is 19.7. The van der Waals surface area contributed by atoms with Crippen LogP contribution in [0.5, 0.6) is 5.75 Å². The van der Waals surface area contributed by atoms with Crippen LogP contribution in [-0.4, -0.2) is 37.2 Å². The number of nitriles is 1. The summed E-state index contributed by atoms with van der Waals surface area (Å²) in [6.07, 6.45) is -5.57. The number of hydrogen-bond acceptors (Lipinski definition) is 5. The molecule has 2 amide bonds. The number of alkyl halides is 3. The topological polar surface area (TPSA) is 117 Å². The predicted octanol–water partition coefficient (Wildman–Crippen LogP) is 3.39. The lowest BCUT2D eigenvalue weighted by molar-refractivity contribution is -0.145. The van der Waals surface area contributed by atoms with Gasteiger partial charge in [0.2, 0.25) is 11.8 Å². The molecule has 0 saturated carbocycles. The number of nitrogens with one attached hydrogen (secondary N) is 2. The van der Waals surface area contributed by atoms with Crippen LogP contribution in [0.25, 0.3) is 0 Å². The van der Waals surface area contributed by atoms with E-state index in [1.54, 1.807) is 62.4 Å². The molecule has 2 aromatic carbocycles. The molecule has 35 heavy (non-hydrogen) atoms. The van der Waals surface area contributed by atoms with Crippen LogP contribution in [0.3, 0.4) is 0 Å². The highest BCUT2D eigenvalue weighted by Gasteiger charge is 2.35. The van der Waals surface area contributed by atoms with E-state index in [1.807, 2.05) is 6.07 Å². The first-order valence-corrected chi connectivity index (χ1v) is 11.0. The molecule has 0 saturated heterocycles. The van der Waals surface area contributed by atoms with Gasteiger partial charge in [0, 0.05) is 6.04 Å². The normalized spacial score (nSPS) is 13.9. The Morgan fingerprint density at radius 2 is 1.74 bits per heavy atom. The minimum atomic E-state index is -4.47. The predicted molar refractivity (Wildman–Crippen MR) is 124 cm³/mol. The Balaban J connectivity index is 2.25. The van der Waals surface area contributed by atoms with E-state index < -0.39 is 48.5 Å². The lowest BCUT2D eigenvalue weighted by Crippen LogP contribution is -2.50. The molecule has 4 N–H and O–H groups in total. The Labute approximate surface area is 202 Å². The largest absolute Gasteiger partial charge is 0.497 e. The maximum atomic E-state index is 13.1. The number of methoxy groups -OCH3 is 1. The Bertz CT molecular complexity index is 1050. The zero-order valence-electron chi connectivity index (χ0n) is 19.7. The summed E-state index contributed by atoms with van der Waals surface area (Å²) in [6.45, 7) is 3.14. The van der Waals surface area contributed by atoms with Crippen molar-refractivity contribution in [2.75, 3.05) is 7.11 Å².